The van der Waals surface area contributed by atoms with Gasteiger partial charge < -0.3 is 14.9 Å². The maximum atomic E-state index is 11.5. The molecule has 2 rings (SSSR count). The molecule has 0 aliphatic carbocycles. The highest BCUT2D eigenvalue weighted by Crippen LogP contribution is 2.22. The Morgan fingerprint density at radius 1 is 1.41 bits per heavy atom. The summed E-state index contributed by atoms with van der Waals surface area (Å²) in [6, 6.07) is 4.62. The van der Waals surface area contributed by atoms with Crippen LogP contribution in [-0.4, -0.2) is 29.1 Å². The van der Waals surface area contributed by atoms with Crippen molar-refractivity contribution in [1.82, 2.24) is 9.55 Å². The SMILES string of the molecule is Cc1cc(OCc2ncc([N+](=O)[O-])n2C)ccc1S(C)(=O)=O. The molecule has 22 heavy (non-hydrogen) atoms. The number of aromatic nitrogens is 2. The lowest BCUT2D eigenvalue weighted by atomic mass is 10.2. The molecule has 1 aromatic carbocycles. The lowest BCUT2D eigenvalue weighted by Gasteiger charge is -2.08. The predicted octanol–water partition coefficient (Wildman–Crippen LogP) is 1.62. The molecular weight excluding hydrogens is 310 g/mol. The smallest absolute Gasteiger partial charge is 0.342 e. The van der Waals surface area contributed by atoms with Crippen LogP contribution in [0.15, 0.2) is 29.3 Å². The second-order valence-corrected chi connectivity index (χ2v) is 6.82. The van der Waals surface area contributed by atoms with Crippen LogP contribution in [0.5, 0.6) is 5.75 Å². The zero-order valence-corrected chi connectivity index (χ0v) is 13.1. The Kier molecular flexibility index (Phi) is 4.18. The molecule has 2 aromatic rings. The standard InChI is InChI=1S/C13H15N3O5S/c1-9-6-10(4-5-11(9)22(3,19)20)21-8-12-14-7-13(15(12)2)16(17)18/h4-7H,8H2,1-3H3. The van der Waals surface area contributed by atoms with Gasteiger partial charge in [-0.15, -0.1) is 0 Å². The van der Waals surface area contributed by atoms with Crippen LogP contribution in [0.25, 0.3) is 0 Å². The second-order valence-electron chi connectivity index (χ2n) is 4.84. The van der Waals surface area contributed by atoms with Crippen LogP contribution in [0.2, 0.25) is 0 Å². The van der Waals surface area contributed by atoms with Gasteiger partial charge >= 0.3 is 5.82 Å². The minimum atomic E-state index is -3.28. The van der Waals surface area contributed by atoms with Gasteiger partial charge in [-0.1, -0.05) is 0 Å². The Bertz CT molecular complexity index is 826. The van der Waals surface area contributed by atoms with Crippen LogP contribution in [0.1, 0.15) is 11.4 Å². The first kappa shape index (κ1) is 16.0. The Morgan fingerprint density at radius 2 is 2.09 bits per heavy atom. The van der Waals surface area contributed by atoms with Crippen molar-refractivity contribution in [2.75, 3.05) is 6.26 Å². The molecule has 1 heterocycles. The van der Waals surface area contributed by atoms with Crippen LogP contribution in [0.4, 0.5) is 5.82 Å². The van der Waals surface area contributed by atoms with Gasteiger partial charge in [0.25, 0.3) is 0 Å². The van der Waals surface area contributed by atoms with Gasteiger partial charge in [0, 0.05) is 6.26 Å². The van der Waals surface area contributed by atoms with E-state index in [-0.39, 0.29) is 17.3 Å². The fourth-order valence-electron chi connectivity index (χ4n) is 2.02. The maximum Gasteiger partial charge on any atom is 0.342 e. The normalized spacial score (nSPS) is 11.4. The molecule has 0 spiro atoms. The van der Waals surface area contributed by atoms with Crippen molar-refractivity contribution in [3.05, 3.63) is 45.9 Å². The molecule has 8 nitrogen and oxygen atoms in total. The van der Waals surface area contributed by atoms with E-state index in [0.29, 0.717) is 17.1 Å². The number of nitrogens with zero attached hydrogens (tertiary/aromatic N) is 3. The number of benzene rings is 1. The van der Waals surface area contributed by atoms with Gasteiger partial charge in [-0.05, 0) is 35.6 Å². The first-order chi connectivity index (χ1) is 10.2. The van der Waals surface area contributed by atoms with Gasteiger partial charge in [0.05, 0.1) is 11.9 Å². The highest BCUT2D eigenvalue weighted by Gasteiger charge is 2.17. The monoisotopic (exact) mass is 325 g/mol. The summed E-state index contributed by atoms with van der Waals surface area (Å²) in [6.45, 7) is 1.72. The number of rotatable bonds is 5. The summed E-state index contributed by atoms with van der Waals surface area (Å²) in [6.07, 6.45) is 2.31. The molecule has 0 aliphatic heterocycles. The summed E-state index contributed by atoms with van der Waals surface area (Å²) in [5.41, 5.74) is 0.575. The molecule has 0 N–H and O–H groups in total. The molecule has 0 atom stereocenters. The predicted molar refractivity (Wildman–Crippen MR) is 78.5 cm³/mol. The number of nitro groups is 1. The molecular formula is C13H15N3O5S. The molecule has 118 valence electrons. The molecule has 0 amide bonds. The van der Waals surface area contributed by atoms with Crippen molar-refractivity contribution in [2.45, 2.75) is 18.4 Å². The summed E-state index contributed by atoms with van der Waals surface area (Å²) in [4.78, 5) is 14.4. The first-order valence-electron chi connectivity index (χ1n) is 6.28. The number of sulfone groups is 1. The number of hydrogen-bond acceptors (Lipinski definition) is 6. The molecule has 0 fully saturated rings. The molecule has 0 bridgehead atoms. The fraction of sp³-hybridized carbons (Fsp3) is 0.308. The molecule has 0 radical (unpaired) electrons. The fourth-order valence-corrected chi connectivity index (χ4v) is 2.98. The van der Waals surface area contributed by atoms with Gasteiger partial charge in [0.15, 0.2) is 16.4 Å². The van der Waals surface area contributed by atoms with Crippen molar-refractivity contribution in [1.29, 1.82) is 0 Å². The number of aryl methyl sites for hydroxylation is 1. The van der Waals surface area contributed by atoms with E-state index in [1.807, 2.05) is 0 Å². The Morgan fingerprint density at radius 3 is 2.59 bits per heavy atom. The largest absolute Gasteiger partial charge is 0.483 e. The molecule has 9 heteroatoms. The minimum Gasteiger partial charge on any atom is -0.483 e. The van der Waals surface area contributed by atoms with Gasteiger partial charge in [-0.3, -0.25) is 0 Å². The van der Waals surface area contributed by atoms with Crippen molar-refractivity contribution in [2.24, 2.45) is 7.05 Å². The third-order valence-electron chi connectivity index (χ3n) is 3.16. The van der Waals surface area contributed by atoms with Crippen LogP contribution in [0.3, 0.4) is 0 Å². The van der Waals surface area contributed by atoms with Gasteiger partial charge in [-0.2, -0.15) is 0 Å². The van der Waals surface area contributed by atoms with Crippen LogP contribution >= 0.6 is 0 Å². The van der Waals surface area contributed by atoms with Crippen LogP contribution in [0, 0.1) is 17.0 Å². The quantitative estimate of drug-likeness (QED) is 0.611. The topological polar surface area (TPSA) is 104 Å². The van der Waals surface area contributed by atoms with Gasteiger partial charge in [-0.25, -0.2) is 18.0 Å². The van der Waals surface area contributed by atoms with E-state index in [1.54, 1.807) is 19.1 Å². The Labute approximate surface area is 127 Å². The lowest BCUT2D eigenvalue weighted by Crippen LogP contribution is -2.06. The molecule has 0 unspecified atom stereocenters. The highest BCUT2D eigenvalue weighted by molar-refractivity contribution is 7.90. The zero-order chi connectivity index (χ0) is 16.5. The number of ether oxygens (including phenoxy) is 1. The van der Waals surface area contributed by atoms with Gasteiger partial charge in [0.1, 0.15) is 11.9 Å². The molecule has 0 aliphatic rings. The first-order valence-corrected chi connectivity index (χ1v) is 8.18. The molecule has 0 saturated carbocycles. The van der Waals surface area contributed by atoms with E-state index in [4.69, 9.17) is 4.74 Å². The van der Waals surface area contributed by atoms with Gasteiger partial charge in [0.2, 0.25) is 5.82 Å². The average molecular weight is 325 g/mol. The van der Waals surface area contributed by atoms with Crippen molar-refractivity contribution >= 4 is 15.7 Å². The van der Waals surface area contributed by atoms with E-state index in [0.717, 1.165) is 12.5 Å². The number of imidazole rings is 1. The van der Waals surface area contributed by atoms with E-state index in [2.05, 4.69) is 4.98 Å². The van der Waals surface area contributed by atoms with Crippen molar-refractivity contribution < 1.29 is 18.1 Å². The number of hydrogen-bond donors (Lipinski definition) is 0. The van der Waals surface area contributed by atoms with E-state index in [1.165, 1.54) is 17.7 Å². The Balaban J connectivity index is 2.16. The highest BCUT2D eigenvalue weighted by atomic mass is 32.2. The third-order valence-corrected chi connectivity index (χ3v) is 4.42. The van der Waals surface area contributed by atoms with Crippen molar-refractivity contribution in [3.8, 4) is 5.75 Å². The lowest BCUT2D eigenvalue weighted by molar-refractivity contribution is -0.391. The second kappa shape index (κ2) is 5.76. The third kappa shape index (κ3) is 3.25. The zero-order valence-electron chi connectivity index (χ0n) is 12.3. The van der Waals surface area contributed by atoms with Crippen LogP contribution in [-0.2, 0) is 23.5 Å². The van der Waals surface area contributed by atoms with E-state index >= 15 is 0 Å². The van der Waals surface area contributed by atoms with E-state index < -0.39 is 14.8 Å². The summed E-state index contributed by atoms with van der Waals surface area (Å²) in [5.74, 6) is 0.745. The minimum absolute atomic E-state index is 0.0437. The summed E-state index contributed by atoms with van der Waals surface area (Å²) < 4.78 is 29.9. The Hall–Kier alpha value is -2.42. The van der Waals surface area contributed by atoms with Crippen LogP contribution < -0.4 is 4.74 Å². The average Bonchev–Trinajstić information content (AvgIpc) is 2.76. The summed E-state index contributed by atoms with van der Waals surface area (Å²) in [7, 11) is -1.75. The maximum absolute atomic E-state index is 11.5. The molecule has 0 saturated heterocycles. The van der Waals surface area contributed by atoms with Crippen molar-refractivity contribution in [3.63, 3.8) is 0 Å². The van der Waals surface area contributed by atoms with E-state index in [9.17, 15) is 18.5 Å². The molecule has 1 aromatic heterocycles. The summed E-state index contributed by atoms with van der Waals surface area (Å²) >= 11 is 0. The summed E-state index contributed by atoms with van der Waals surface area (Å²) in [5, 5.41) is 10.7.